The van der Waals surface area contributed by atoms with Gasteiger partial charge in [-0.25, -0.2) is 8.78 Å². The first-order valence-electron chi connectivity index (χ1n) is 7.27. The number of amides is 1. The molecule has 1 aromatic heterocycles. The third kappa shape index (κ3) is 3.08. The van der Waals surface area contributed by atoms with E-state index >= 15 is 0 Å². The van der Waals surface area contributed by atoms with Gasteiger partial charge in [0, 0.05) is 16.6 Å². The number of carbonyl (C=O) groups is 1. The molecule has 3 aromatic rings. The summed E-state index contributed by atoms with van der Waals surface area (Å²) in [5.74, 6) is -1.18. The summed E-state index contributed by atoms with van der Waals surface area (Å²) in [6, 6.07) is 8.93. The minimum Gasteiger partial charge on any atom is -0.358 e. The van der Waals surface area contributed by atoms with E-state index in [-0.39, 0.29) is 23.8 Å². The average Bonchev–Trinajstić information content (AvgIpc) is 2.79. The van der Waals surface area contributed by atoms with Crippen LogP contribution in [0.5, 0.6) is 0 Å². The van der Waals surface area contributed by atoms with Crippen molar-refractivity contribution >= 4 is 22.5 Å². The van der Waals surface area contributed by atoms with Gasteiger partial charge in [0.25, 0.3) is 0 Å². The van der Waals surface area contributed by atoms with Crippen molar-refractivity contribution in [3.05, 3.63) is 64.9 Å². The summed E-state index contributed by atoms with van der Waals surface area (Å²) in [5.41, 5.74) is 3.29. The zero-order chi connectivity index (χ0) is 16.6. The van der Waals surface area contributed by atoms with Crippen molar-refractivity contribution in [3.63, 3.8) is 0 Å². The number of hydrogen-bond donors (Lipinski definition) is 2. The SMILES string of the molecule is Cc1ccc(F)c(NC(=O)Cc2c(C)[nH]c3ccc(F)cc23)c1. The van der Waals surface area contributed by atoms with Crippen molar-refractivity contribution < 1.29 is 13.6 Å². The Morgan fingerprint density at radius 2 is 1.91 bits per heavy atom. The minimum absolute atomic E-state index is 0.0443. The number of aromatic amines is 1. The lowest BCUT2D eigenvalue weighted by Gasteiger charge is -2.08. The molecule has 1 amide bonds. The standard InChI is InChI=1S/C18H16F2N2O/c1-10-3-5-15(20)17(7-10)22-18(23)9-13-11(2)21-16-6-4-12(19)8-14(13)16/h3-8,21H,9H2,1-2H3,(H,22,23). The maximum atomic E-state index is 13.7. The second-order valence-electron chi connectivity index (χ2n) is 5.63. The van der Waals surface area contributed by atoms with Gasteiger partial charge < -0.3 is 10.3 Å². The van der Waals surface area contributed by atoms with Crippen LogP contribution < -0.4 is 5.32 Å². The summed E-state index contributed by atoms with van der Waals surface area (Å²) in [6.45, 7) is 3.65. The van der Waals surface area contributed by atoms with E-state index < -0.39 is 5.82 Å². The van der Waals surface area contributed by atoms with Gasteiger partial charge in [0.15, 0.2) is 0 Å². The molecule has 0 saturated heterocycles. The number of nitrogens with one attached hydrogen (secondary N) is 2. The number of aryl methyl sites for hydroxylation is 2. The number of H-pyrrole nitrogens is 1. The lowest BCUT2D eigenvalue weighted by Crippen LogP contribution is -2.15. The zero-order valence-corrected chi connectivity index (χ0v) is 12.8. The van der Waals surface area contributed by atoms with Gasteiger partial charge in [0.1, 0.15) is 11.6 Å². The van der Waals surface area contributed by atoms with Crippen molar-refractivity contribution in [3.8, 4) is 0 Å². The number of carbonyl (C=O) groups excluding carboxylic acids is 1. The Morgan fingerprint density at radius 3 is 2.70 bits per heavy atom. The first kappa shape index (κ1) is 15.2. The minimum atomic E-state index is -0.481. The van der Waals surface area contributed by atoms with Gasteiger partial charge in [0.2, 0.25) is 5.91 Å². The molecule has 1 heterocycles. The van der Waals surface area contributed by atoms with Crippen LogP contribution in [-0.2, 0) is 11.2 Å². The summed E-state index contributed by atoms with van der Waals surface area (Å²) in [7, 11) is 0. The van der Waals surface area contributed by atoms with Crippen LogP contribution in [0.3, 0.4) is 0 Å². The van der Waals surface area contributed by atoms with Gasteiger partial charge in [-0.05, 0) is 55.3 Å². The van der Waals surface area contributed by atoms with Gasteiger partial charge in [-0.3, -0.25) is 4.79 Å². The maximum absolute atomic E-state index is 13.7. The number of hydrogen-bond acceptors (Lipinski definition) is 1. The van der Waals surface area contributed by atoms with Crippen molar-refractivity contribution in [2.75, 3.05) is 5.32 Å². The Bertz CT molecular complexity index is 899. The van der Waals surface area contributed by atoms with E-state index in [4.69, 9.17) is 0 Å². The molecule has 0 spiro atoms. The van der Waals surface area contributed by atoms with Crippen LogP contribution in [0.1, 0.15) is 16.8 Å². The molecule has 2 aromatic carbocycles. The second-order valence-corrected chi connectivity index (χ2v) is 5.63. The average molecular weight is 314 g/mol. The summed E-state index contributed by atoms with van der Waals surface area (Å²) < 4.78 is 27.2. The van der Waals surface area contributed by atoms with Crippen molar-refractivity contribution in [2.24, 2.45) is 0 Å². The lowest BCUT2D eigenvalue weighted by molar-refractivity contribution is -0.115. The Hall–Kier alpha value is -2.69. The molecule has 23 heavy (non-hydrogen) atoms. The summed E-state index contributed by atoms with van der Waals surface area (Å²) in [4.78, 5) is 15.4. The van der Waals surface area contributed by atoms with Crippen molar-refractivity contribution in [1.82, 2.24) is 4.98 Å². The van der Waals surface area contributed by atoms with Crippen molar-refractivity contribution in [2.45, 2.75) is 20.3 Å². The molecule has 3 nitrogen and oxygen atoms in total. The molecule has 0 fully saturated rings. The molecular formula is C18H16F2N2O. The predicted molar refractivity (Wildman–Crippen MR) is 86.5 cm³/mol. The van der Waals surface area contributed by atoms with E-state index in [9.17, 15) is 13.6 Å². The van der Waals surface area contributed by atoms with Crippen LogP contribution in [0.2, 0.25) is 0 Å². The van der Waals surface area contributed by atoms with Crippen LogP contribution in [0.25, 0.3) is 10.9 Å². The van der Waals surface area contributed by atoms with Gasteiger partial charge in [-0.2, -0.15) is 0 Å². The molecule has 0 bridgehead atoms. The first-order valence-corrected chi connectivity index (χ1v) is 7.27. The number of rotatable bonds is 3. The largest absolute Gasteiger partial charge is 0.358 e. The third-order valence-corrected chi connectivity index (χ3v) is 3.81. The normalized spacial score (nSPS) is 11.0. The predicted octanol–water partition coefficient (Wildman–Crippen LogP) is 4.24. The Morgan fingerprint density at radius 1 is 1.13 bits per heavy atom. The maximum Gasteiger partial charge on any atom is 0.228 e. The Balaban J connectivity index is 1.87. The van der Waals surface area contributed by atoms with Crippen LogP contribution in [0.15, 0.2) is 36.4 Å². The van der Waals surface area contributed by atoms with E-state index in [1.165, 1.54) is 18.2 Å². The van der Waals surface area contributed by atoms with Crippen LogP contribution in [-0.4, -0.2) is 10.9 Å². The fourth-order valence-corrected chi connectivity index (χ4v) is 2.67. The molecule has 2 N–H and O–H groups in total. The highest BCUT2D eigenvalue weighted by molar-refractivity contribution is 5.96. The van der Waals surface area contributed by atoms with Gasteiger partial charge in [-0.1, -0.05) is 6.07 Å². The van der Waals surface area contributed by atoms with E-state index in [0.29, 0.717) is 10.9 Å². The molecule has 118 valence electrons. The molecule has 5 heteroatoms. The fourth-order valence-electron chi connectivity index (χ4n) is 2.67. The number of fused-ring (bicyclic) bond motifs is 1. The molecular weight excluding hydrogens is 298 g/mol. The second kappa shape index (κ2) is 5.83. The number of aromatic nitrogens is 1. The van der Waals surface area contributed by atoms with Gasteiger partial charge in [0.05, 0.1) is 12.1 Å². The van der Waals surface area contributed by atoms with E-state index in [1.807, 2.05) is 13.8 Å². The van der Waals surface area contributed by atoms with Crippen LogP contribution in [0, 0.1) is 25.5 Å². The number of anilines is 1. The highest BCUT2D eigenvalue weighted by Gasteiger charge is 2.14. The molecule has 0 radical (unpaired) electrons. The molecule has 3 rings (SSSR count). The van der Waals surface area contributed by atoms with Gasteiger partial charge >= 0.3 is 0 Å². The van der Waals surface area contributed by atoms with E-state index in [2.05, 4.69) is 10.3 Å². The molecule has 0 aliphatic rings. The monoisotopic (exact) mass is 314 g/mol. The summed E-state index contributed by atoms with van der Waals surface area (Å²) in [5, 5.41) is 3.24. The van der Waals surface area contributed by atoms with E-state index in [1.54, 1.807) is 18.2 Å². The van der Waals surface area contributed by atoms with Crippen LogP contribution in [0.4, 0.5) is 14.5 Å². The quantitative estimate of drug-likeness (QED) is 0.746. The molecule has 0 saturated carbocycles. The Labute approximate surface area is 132 Å². The highest BCUT2D eigenvalue weighted by atomic mass is 19.1. The Kier molecular flexibility index (Phi) is 3.86. The fraction of sp³-hybridized carbons (Fsp3) is 0.167. The zero-order valence-electron chi connectivity index (χ0n) is 12.8. The number of halogens is 2. The molecule has 0 aliphatic carbocycles. The lowest BCUT2D eigenvalue weighted by atomic mass is 10.1. The smallest absolute Gasteiger partial charge is 0.228 e. The van der Waals surface area contributed by atoms with E-state index in [0.717, 1.165) is 16.8 Å². The van der Waals surface area contributed by atoms with Crippen LogP contribution >= 0.6 is 0 Å². The molecule has 0 aliphatic heterocycles. The number of benzene rings is 2. The first-order chi connectivity index (χ1) is 10.9. The molecule has 0 unspecified atom stereocenters. The summed E-state index contributed by atoms with van der Waals surface area (Å²) in [6.07, 6.45) is 0.0443. The highest BCUT2D eigenvalue weighted by Crippen LogP contribution is 2.24. The van der Waals surface area contributed by atoms with Gasteiger partial charge in [-0.15, -0.1) is 0 Å². The third-order valence-electron chi connectivity index (χ3n) is 3.81. The topological polar surface area (TPSA) is 44.9 Å². The van der Waals surface area contributed by atoms with Crippen molar-refractivity contribution in [1.29, 1.82) is 0 Å². The summed E-state index contributed by atoms with van der Waals surface area (Å²) >= 11 is 0. The molecule has 0 atom stereocenters.